The quantitative estimate of drug-likeness (QED) is 0.699. The van der Waals surface area contributed by atoms with Gasteiger partial charge in [0.25, 0.3) is 0 Å². The van der Waals surface area contributed by atoms with E-state index in [-0.39, 0.29) is 5.82 Å². The Hall–Kier alpha value is -2.86. The Morgan fingerprint density at radius 1 is 0.960 bits per heavy atom. The molecule has 0 radical (unpaired) electrons. The van der Waals surface area contributed by atoms with E-state index >= 15 is 0 Å². The molecule has 25 heavy (non-hydrogen) atoms. The predicted molar refractivity (Wildman–Crippen MR) is 99.8 cm³/mol. The van der Waals surface area contributed by atoms with Crippen LogP contribution in [0.3, 0.4) is 0 Å². The summed E-state index contributed by atoms with van der Waals surface area (Å²) < 4.78 is 14.1. The third-order valence-electron chi connectivity index (χ3n) is 3.77. The fourth-order valence-corrected chi connectivity index (χ4v) is 2.93. The summed E-state index contributed by atoms with van der Waals surface area (Å²) in [6, 6.07) is 15.8. The van der Waals surface area contributed by atoms with E-state index in [0.717, 1.165) is 32.6 Å². The lowest BCUT2D eigenvalue weighted by Crippen LogP contribution is -2.19. The van der Waals surface area contributed by atoms with Gasteiger partial charge in [-0.1, -0.05) is 15.9 Å². The number of amidine groups is 1. The van der Waals surface area contributed by atoms with Gasteiger partial charge in [-0.15, -0.1) is 0 Å². The van der Waals surface area contributed by atoms with Crippen LogP contribution in [0, 0.1) is 5.82 Å². The van der Waals surface area contributed by atoms with Gasteiger partial charge in [0, 0.05) is 33.6 Å². The zero-order chi connectivity index (χ0) is 17.2. The van der Waals surface area contributed by atoms with Crippen LogP contribution in [0.4, 0.5) is 10.1 Å². The molecule has 2 aromatic carbocycles. The molecule has 122 valence electrons. The van der Waals surface area contributed by atoms with Crippen molar-refractivity contribution in [3.63, 3.8) is 0 Å². The Kier molecular flexibility index (Phi) is 4.11. The number of halogens is 2. The molecule has 0 amide bonds. The topological polar surface area (TPSA) is 49.6 Å². The smallest absolute Gasteiger partial charge is 0.154 e. The van der Waals surface area contributed by atoms with Crippen LogP contribution in [0.15, 0.2) is 81.6 Å². The number of hydrazone groups is 1. The molecule has 1 N–H and O–H groups in total. The minimum absolute atomic E-state index is 0.290. The van der Waals surface area contributed by atoms with Gasteiger partial charge >= 0.3 is 0 Å². The first-order valence-corrected chi connectivity index (χ1v) is 8.39. The van der Waals surface area contributed by atoms with Gasteiger partial charge in [0.1, 0.15) is 11.5 Å². The van der Waals surface area contributed by atoms with E-state index in [4.69, 9.17) is 0 Å². The molecule has 0 saturated carbocycles. The molecule has 0 aliphatic carbocycles. The normalized spacial score (nSPS) is 13.2. The summed E-state index contributed by atoms with van der Waals surface area (Å²) in [7, 11) is 0. The van der Waals surface area contributed by atoms with Crippen molar-refractivity contribution in [2.45, 2.75) is 0 Å². The summed E-state index contributed by atoms with van der Waals surface area (Å²) in [6.07, 6.45) is 3.48. The first-order chi connectivity index (χ1) is 12.2. The molecular formula is C19H12BrFN4. The second-order valence-corrected chi connectivity index (χ2v) is 6.36. The Morgan fingerprint density at radius 2 is 1.80 bits per heavy atom. The van der Waals surface area contributed by atoms with Gasteiger partial charge in [0.2, 0.25) is 0 Å². The van der Waals surface area contributed by atoms with Crippen molar-refractivity contribution in [2.24, 2.45) is 10.1 Å². The molecule has 6 heteroatoms. The summed E-state index contributed by atoms with van der Waals surface area (Å²) in [5, 5.41) is 4.54. The highest BCUT2D eigenvalue weighted by molar-refractivity contribution is 9.10. The van der Waals surface area contributed by atoms with Crippen LogP contribution < -0.4 is 5.43 Å². The lowest BCUT2D eigenvalue weighted by Gasteiger charge is -2.07. The molecule has 4 rings (SSSR count). The third kappa shape index (κ3) is 3.21. The third-order valence-corrected chi connectivity index (χ3v) is 4.27. The highest BCUT2D eigenvalue weighted by Gasteiger charge is 2.17. The van der Waals surface area contributed by atoms with Crippen LogP contribution in [0.2, 0.25) is 0 Å². The Morgan fingerprint density at radius 3 is 2.56 bits per heavy atom. The summed E-state index contributed by atoms with van der Waals surface area (Å²) in [4.78, 5) is 8.86. The average Bonchev–Trinajstić information content (AvgIpc) is 2.82. The Balaban J connectivity index is 1.87. The number of fused-ring (bicyclic) bond motifs is 1. The van der Waals surface area contributed by atoms with Crippen molar-refractivity contribution < 1.29 is 4.39 Å². The van der Waals surface area contributed by atoms with Crippen molar-refractivity contribution in [1.82, 2.24) is 10.4 Å². The van der Waals surface area contributed by atoms with Gasteiger partial charge in [0.15, 0.2) is 5.84 Å². The van der Waals surface area contributed by atoms with E-state index in [0.29, 0.717) is 5.84 Å². The van der Waals surface area contributed by atoms with Crippen LogP contribution in [-0.4, -0.2) is 16.5 Å². The molecule has 2 heterocycles. The zero-order valence-electron chi connectivity index (χ0n) is 12.9. The zero-order valence-corrected chi connectivity index (χ0v) is 14.5. The second-order valence-electron chi connectivity index (χ2n) is 5.44. The largest absolute Gasteiger partial charge is 0.264 e. The van der Waals surface area contributed by atoms with E-state index in [9.17, 15) is 4.39 Å². The SMILES string of the molecule is Fc1ccc(C2=Nc3ccc(Br)cc3C(c3cccnc3)=NN2)cc1. The molecule has 3 aromatic rings. The number of nitrogens with zero attached hydrogens (tertiary/aromatic N) is 3. The number of hydrogen-bond donors (Lipinski definition) is 1. The van der Waals surface area contributed by atoms with Crippen molar-refractivity contribution in [3.8, 4) is 0 Å². The lowest BCUT2D eigenvalue weighted by molar-refractivity contribution is 0.627. The maximum absolute atomic E-state index is 13.2. The number of pyridine rings is 1. The standard InChI is InChI=1S/C19H12BrFN4/c20-14-5-8-17-16(10-14)18(13-2-1-9-22-11-13)24-25-19(23-17)12-3-6-15(21)7-4-12/h1-11H,(H,23,25). The Bertz CT molecular complexity index is 982. The predicted octanol–water partition coefficient (Wildman–Crippen LogP) is 4.42. The van der Waals surface area contributed by atoms with E-state index < -0.39 is 0 Å². The molecule has 0 saturated heterocycles. The average molecular weight is 395 g/mol. The van der Waals surface area contributed by atoms with Crippen LogP contribution in [-0.2, 0) is 0 Å². The van der Waals surface area contributed by atoms with Crippen molar-refractivity contribution in [3.05, 3.63) is 94.0 Å². The van der Waals surface area contributed by atoms with Crippen LogP contribution in [0.25, 0.3) is 0 Å². The summed E-state index contributed by atoms with van der Waals surface area (Å²) >= 11 is 3.50. The van der Waals surface area contributed by atoms with Crippen molar-refractivity contribution in [2.75, 3.05) is 0 Å². The first kappa shape index (κ1) is 15.7. The van der Waals surface area contributed by atoms with Crippen molar-refractivity contribution in [1.29, 1.82) is 0 Å². The number of hydrogen-bond acceptors (Lipinski definition) is 4. The minimum Gasteiger partial charge on any atom is -0.264 e. The molecule has 1 aromatic heterocycles. The fraction of sp³-hybridized carbons (Fsp3) is 0. The van der Waals surface area contributed by atoms with Crippen molar-refractivity contribution >= 4 is 33.2 Å². The summed E-state index contributed by atoms with van der Waals surface area (Å²) in [5.74, 6) is 0.268. The number of benzene rings is 2. The van der Waals surface area contributed by atoms with E-state index in [1.807, 2.05) is 30.3 Å². The monoisotopic (exact) mass is 394 g/mol. The number of aliphatic imine (C=N–C) groups is 1. The van der Waals surface area contributed by atoms with E-state index in [1.165, 1.54) is 12.1 Å². The maximum atomic E-state index is 13.2. The van der Waals surface area contributed by atoms with Gasteiger partial charge < -0.3 is 0 Å². The number of rotatable bonds is 2. The number of aromatic nitrogens is 1. The van der Waals surface area contributed by atoms with Gasteiger partial charge in [-0.25, -0.2) is 9.38 Å². The van der Waals surface area contributed by atoms with Gasteiger partial charge in [-0.05, 0) is 54.6 Å². The summed E-state index contributed by atoms with van der Waals surface area (Å²) in [5.41, 5.74) is 7.04. The molecule has 0 fully saturated rings. The minimum atomic E-state index is -0.290. The van der Waals surface area contributed by atoms with E-state index in [1.54, 1.807) is 24.5 Å². The molecule has 0 bridgehead atoms. The molecule has 0 spiro atoms. The summed E-state index contributed by atoms with van der Waals surface area (Å²) in [6.45, 7) is 0. The molecule has 1 aliphatic rings. The maximum Gasteiger partial charge on any atom is 0.154 e. The molecule has 0 atom stereocenters. The molecular weight excluding hydrogens is 383 g/mol. The first-order valence-electron chi connectivity index (χ1n) is 7.59. The fourth-order valence-electron chi connectivity index (χ4n) is 2.57. The number of nitrogens with one attached hydrogen (secondary N) is 1. The van der Waals surface area contributed by atoms with Gasteiger partial charge in [-0.3, -0.25) is 10.4 Å². The van der Waals surface area contributed by atoms with Crippen LogP contribution >= 0.6 is 15.9 Å². The van der Waals surface area contributed by atoms with Crippen LogP contribution in [0.5, 0.6) is 0 Å². The Labute approximate surface area is 152 Å². The highest BCUT2D eigenvalue weighted by Crippen LogP contribution is 2.28. The molecule has 4 nitrogen and oxygen atoms in total. The van der Waals surface area contributed by atoms with Crippen LogP contribution in [0.1, 0.15) is 16.7 Å². The highest BCUT2D eigenvalue weighted by atomic mass is 79.9. The molecule has 1 aliphatic heterocycles. The van der Waals surface area contributed by atoms with Gasteiger partial charge in [0.05, 0.1) is 5.69 Å². The molecule has 0 unspecified atom stereocenters. The lowest BCUT2D eigenvalue weighted by atomic mass is 10.0. The second kappa shape index (κ2) is 6.57. The van der Waals surface area contributed by atoms with E-state index in [2.05, 4.69) is 36.4 Å². The van der Waals surface area contributed by atoms with Gasteiger partial charge in [-0.2, -0.15) is 5.10 Å².